The predicted octanol–water partition coefficient (Wildman–Crippen LogP) is 2.29. The Morgan fingerprint density at radius 2 is 2.04 bits per heavy atom. The number of ether oxygens (including phenoxy) is 3. The SMILES string of the molecule is C[C@@H](OC(=O)c1cc2c(cc1[N+](=O)[O-])OCCO2)C(=O)NCc1cccs1. The second-order valence-electron chi connectivity index (χ2n) is 5.61. The van der Waals surface area contributed by atoms with Gasteiger partial charge in [-0.3, -0.25) is 14.9 Å². The van der Waals surface area contributed by atoms with Crippen LogP contribution in [0.4, 0.5) is 5.69 Å². The van der Waals surface area contributed by atoms with Crippen LogP contribution in [0.5, 0.6) is 11.5 Å². The molecule has 0 saturated carbocycles. The molecule has 2 heterocycles. The molecular formula is C17H16N2O7S. The molecule has 0 saturated heterocycles. The molecule has 9 nitrogen and oxygen atoms in total. The third-order valence-electron chi connectivity index (χ3n) is 3.75. The average Bonchev–Trinajstić information content (AvgIpc) is 3.18. The van der Waals surface area contributed by atoms with Crippen LogP contribution in [0.25, 0.3) is 0 Å². The lowest BCUT2D eigenvalue weighted by atomic mass is 10.1. The van der Waals surface area contributed by atoms with Crippen molar-refractivity contribution < 1.29 is 28.7 Å². The maximum atomic E-state index is 12.4. The van der Waals surface area contributed by atoms with E-state index in [9.17, 15) is 19.7 Å². The number of esters is 1. The van der Waals surface area contributed by atoms with Crippen molar-refractivity contribution in [1.82, 2.24) is 5.32 Å². The van der Waals surface area contributed by atoms with Gasteiger partial charge in [-0.2, -0.15) is 0 Å². The van der Waals surface area contributed by atoms with Gasteiger partial charge >= 0.3 is 5.97 Å². The van der Waals surface area contributed by atoms with Gasteiger partial charge in [0.15, 0.2) is 17.6 Å². The van der Waals surface area contributed by atoms with Crippen LogP contribution in [0.3, 0.4) is 0 Å². The number of nitro benzene ring substituents is 1. The van der Waals surface area contributed by atoms with Gasteiger partial charge in [-0.1, -0.05) is 6.07 Å². The summed E-state index contributed by atoms with van der Waals surface area (Å²) < 4.78 is 15.7. The summed E-state index contributed by atoms with van der Waals surface area (Å²) in [6.07, 6.45) is -1.12. The molecular weight excluding hydrogens is 376 g/mol. The summed E-state index contributed by atoms with van der Waals surface area (Å²) in [4.78, 5) is 36.0. The summed E-state index contributed by atoms with van der Waals surface area (Å²) in [7, 11) is 0. The fourth-order valence-electron chi connectivity index (χ4n) is 2.40. The molecule has 2 aromatic rings. The first-order valence-corrected chi connectivity index (χ1v) is 8.93. The molecule has 27 heavy (non-hydrogen) atoms. The number of benzene rings is 1. The highest BCUT2D eigenvalue weighted by molar-refractivity contribution is 7.09. The highest BCUT2D eigenvalue weighted by Crippen LogP contribution is 2.37. The summed E-state index contributed by atoms with van der Waals surface area (Å²) in [5.41, 5.74) is -0.780. The molecule has 1 aliphatic rings. The number of nitro groups is 1. The van der Waals surface area contributed by atoms with E-state index < -0.39 is 28.6 Å². The van der Waals surface area contributed by atoms with Gasteiger partial charge in [-0.15, -0.1) is 11.3 Å². The van der Waals surface area contributed by atoms with Crippen molar-refractivity contribution in [1.29, 1.82) is 0 Å². The van der Waals surface area contributed by atoms with Crippen LogP contribution in [-0.2, 0) is 16.1 Å². The molecule has 0 fully saturated rings. The number of fused-ring (bicyclic) bond motifs is 1. The lowest BCUT2D eigenvalue weighted by molar-refractivity contribution is -0.385. The number of amides is 1. The summed E-state index contributed by atoms with van der Waals surface area (Å²) in [5.74, 6) is -1.09. The van der Waals surface area contributed by atoms with E-state index >= 15 is 0 Å². The first-order valence-electron chi connectivity index (χ1n) is 8.05. The quantitative estimate of drug-likeness (QED) is 0.455. The topological polar surface area (TPSA) is 117 Å². The van der Waals surface area contributed by atoms with Gasteiger partial charge in [0.2, 0.25) is 0 Å². The van der Waals surface area contributed by atoms with Gasteiger partial charge in [0.05, 0.1) is 17.5 Å². The maximum absolute atomic E-state index is 12.4. The Balaban J connectivity index is 1.71. The van der Waals surface area contributed by atoms with E-state index in [-0.39, 0.29) is 30.3 Å². The molecule has 1 N–H and O–H groups in total. The lowest BCUT2D eigenvalue weighted by Gasteiger charge is -2.19. The average molecular weight is 392 g/mol. The van der Waals surface area contributed by atoms with Crippen LogP contribution in [0, 0.1) is 10.1 Å². The Morgan fingerprint density at radius 3 is 2.67 bits per heavy atom. The molecule has 0 radical (unpaired) electrons. The van der Waals surface area contributed by atoms with Gasteiger partial charge in [0.1, 0.15) is 18.8 Å². The smallest absolute Gasteiger partial charge is 0.346 e. The standard InChI is InChI=1S/C17H16N2O7S/c1-10(16(20)18-9-11-3-2-6-27-11)26-17(21)12-7-14-15(25-5-4-24-14)8-13(12)19(22)23/h2-3,6-8,10H,4-5,9H2,1H3,(H,18,20)/t10-/m1/s1. The van der Waals surface area contributed by atoms with Crippen molar-refractivity contribution in [3.05, 3.63) is 50.2 Å². The zero-order valence-electron chi connectivity index (χ0n) is 14.3. The number of nitrogens with zero attached hydrogens (tertiary/aromatic N) is 1. The Hall–Kier alpha value is -3.14. The fourth-order valence-corrected chi connectivity index (χ4v) is 3.05. The maximum Gasteiger partial charge on any atom is 0.346 e. The molecule has 0 unspecified atom stereocenters. The van der Waals surface area contributed by atoms with Crippen LogP contribution in [0.15, 0.2) is 29.6 Å². The normalized spacial score (nSPS) is 13.5. The number of carbonyl (C=O) groups is 2. The molecule has 0 spiro atoms. The molecule has 3 rings (SSSR count). The van der Waals surface area contributed by atoms with Gasteiger partial charge < -0.3 is 19.5 Å². The molecule has 1 aromatic carbocycles. The van der Waals surface area contributed by atoms with E-state index in [1.807, 2.05) is 17.5 Å². The Labute approximate surface area is 158 Å². The summed E-state index contributed by atoms with van der Waals surface area (Å²) in [5, 5.41) is 15.8. The number of carbonyl (C=O) groups excluding carboxylic acids is 2. The van der Waals surface area contributed by atoms with Crippen molar-refractivity contribution in [3.63, 3.8) is 0 Å². The van der Waals surface area contributed by atoms with Crippen molar-refractivity contribution in [3.8, 4) is 11.5 Å². The van der Waals surface area contributed by atoms with Crippen molar-refractivity contribution in [2.45, 2.75) is 19.6 Å². The van der Waals surface area contributed by atoms with Crippen molar-refractivity contribution in [2.75, 3.05) is 13.2 Å². The summed E-state index contributed by atoms with van der Waals surface area (Å²) >= 11 is 1.48. The highest BCUT2D eigenvalue weighted by atomic mass is 32.1. The third kappa shape index (κ3) is 4.34. The van der Waals surface area contributed by atoms with Crippen LogP contribution >= 0.6 is 11.3 Å². The third-order valence-corrected chi connectivity index (χ3v) is 4.62. The van der Waals surface area contributed by atoms with E-state index in [4.69, 9.17) is 14.2 Å². The molecule has 0 aliphatic carbocycles. The molecule has 142 valence electrons. The minimum Gasteiger partial charge on any atom is -0.486 e. The number of nitrogens with one attached hydrogen (secondary N) is 1. The van der Waals surface area contributed by atoms with Crippen LogP contribution in [0.2, 0.25) is 0 Å². The first-order chi connectivity index (χ1) is 13.0. The molecule has 1 aliphatic heterocycles. The van der Waals surface area contributed by atoms with Gasteiger partial charge in [-0.25, -0.2) is 4.79 Å². The number of hydrogen-bond donors (Lipinski definition) is 1. The van der Waals surface area contributed by atoms with Gasteiger partial charge in [0, 0.05) is 10.9 Å². The molecule has 1 atom stereocenters. The minimum absolute atomic E-state index is 0.186. The van der Waals surface area contributed by atoms with E-state index in [0.29, 0.717) is 6.54 Å². The Kier molecular flexibility index (Phi) is 5.55. The monoisotopic (exact) mass is 392 g/mol. The molecule has 0 bridgehead atoms. The van der Waals surface area contributed by atoms with E-state index in [2.05, 4.69) is 5.32 Å². The van der Waals surface area contributed by atoms with Gasteiger partial charge in [-0.05, 0) is 18.4 Å². The number of hydrogen-bond acceptors (Lipinski definition) is 8. The molecule has 10 heteroatoms. The first kappa shape index (κ1) is 18.6. The molecule has 1 amide bonds. The van der Waals surface area contributed by atoms with Crippen LogP contribution in [-0.4, -0.2) is 36.1 Å². The fraction of sp³-hybridized carbons (Fsp3) is 0.294. The second-order valence-corrected chi connectivity index (χ2v) is 6.65. The molecule has 1 aromatic heterocycles. The Bertz CT molecular complexity index is 866. The summed E-state index contributed by atoms with van der Waals surface area (Å²) in [6.45, 7) is 2.23. The second kappa shape index (κ2) is 8.04. The van der Waals surface area contributed by atoms with Crippen LogP contribution in [0.1, 0.15) is 22.2 Å². The largest absolute Gasteiger partial charge is 0.486 e. The minimum atomic E-state index is -1.12. The van der Waals surface area contributed by atoms with E-state index in [1.54, 1.807) is 0 Å². The van der Waals surface area contributed by atoms with E-state index in [1.165, 1.54) is 24.3 Å². The summed E-state index contributed by atoms with van der Waals surface area (Å²) in [6, 6.07) is 6.04. The van der Waals surface area contributed by atoms with Crippen molar-refractivity contribution in [2.24, 2.45) is 0 Å². The zero-order valence-corrected chi connectivity index (χ0v) is 15.1. The van der Waals surface area contributed by atoms with Crippen LogP contribution < -0.4 is 14.8 Å². The number of thiophene rings is 1. The number of rotatable bonds is 6. The zero-order chi connectivity index (χ0) is 19.4. The predicted molar refractivity (Wildman–Crippen MR) is 95.1 cm³/mol. The lowest BCUT2D eigenvalue weighted by Crippen LogP contribution is -2.35. The highest BCUT2D eigenvalue weighted by Gasteiger charge is 2.29. The van der Waals surface area contributed by atoms with Crippen molar-refractivity contribution >= 4 is 28.9 Å². The van der Waals surface area contributed by atoms with E-state index in [0.717, 1.165) is 10.9 Å². The van der Waals surface area contributed by atoms with Gasteiger partial charge in [0.25, 0.3) is 11.6 Å². The Morgan fingerprint density at radius 1 is 1.33 bits per heavy atom.